The molecule has 25 heavy (non-hydrogen) atoms. The molecule has 0 spiro atoms. The Morgan fingerprint density at radius 1 is 1.28 bits per heavy atom. The number of guanidine groups is 1. The molecule has 2 fully saturated rings. The predicted molar refractivity (Wildman–Crippen MR) is 100 cm³/mol. The van der Waals surface area contributed by atoms with Crippen LogP contribution in [0.1, 0.15) is 30.7 Å². The van der Waals surface area contributed by atoms with Gasteiger partial charge >= 0.3 is 0 Å². The van der Waals surface area contributed by atoms with Gasteiger partial charge in [-0.2, -0.15) is 0 Å². The van der Waals surface area contributed by atoms with Crippen LogP contribution in [0, 0.1) is 5.92 Å². The van der Waals surface area contributed by atoms with Gasteiger partial charge in [0.1, 0.15) is 0 Å². The molecule has 0 radical (unpaired) electrons. The number of carbonyl (C=O) groups is 1. The second-order valence-corrected chi connectivity index (χ2v) is 7.13. The number of piperidine rings is 1. The summed E-state index contributed by atoms with van der Waals surface area (Å²) in [6.07, 6.45) is 3.26. The molecule has 3 rings (SSSR count). The lowest BCUT2D eigenvalue weighted by atomic mass is 10.1. The maximum absolute atomic E-state index is 11.0. The van der Waals surface area contributed by atoms with E-state index in [0.717, 1.165) is 38.4 Å². The fourth-order valence-corrected chi connectivity index (χ4v) is 3.65. The van der Waals surface area contributed by atoms with Crippen LogP contribution >= 0.6 is 0 Å². The van der Waals surface area contributed by atoms with Crippen molar-refractivity contribution >= 4 is 11.9 Å². The van der Waals surface area contributed by atoms with Crippen LogP contribution in [0.5, 0.6) is 0 Å². The molecule has 6 nitrogen and oxygen atoms in total. The molecular weight excluding hydrogens is 314 g/mol. The van der Waals surface area contributed by atoms with E-state index in [1.54, 1.807) is 0 Å². The quantitative estimate of drug-likeness (QED) is 0.529. The van der Waals surface area contributed by atoms with Crippen LogP contribution in [0.25, 0.3) is 0 Å². The molecule has 1 heterocycles. The van der Waals surface area contributed by atoms with Crippen LogP contribution in [0.4, 0.5) is 0 Å². The van der Waals surface area contributed by atoms with Crippen molar-refractivity contribution in [2.24, 2.45) is 16.6 Å². The number of rotatable bonds is 6. The number of aliphatic imine (C=N–C) groups is 1. The minimum Gasteiger partial charge on any atom is -0.369 e. The van der Waals surface area contributed by atoms with Crippen LogP contribution in [0.2, 0.25) is 0 Å². The van der Waals surface area contributed by atoms with Crippen molar-refractivity contribution < 1.29 is 4.79 Å². The molecule has 1 saturated carbocycles. The Bertz CT molecular complexity index is 595. The SMILES string of the molecule is CN=C(NCC1CC1c1ccccc1)NC1CCN(CC(N)=O)CC1. The molecule has 4 N–H and O–H groups in total. The third-order valence-corrected chi connectivity index (χ3v) is 5.21. The number of nitrogens with zero attached hydrogens (tertiary/aromatic N) is 2. The summed E-state index contributed by atoms with van der Waals surface area (Å²) in [5, 5.41) is 6.99. The molecule has 2 aliphatic rings. The lowest BCUT2D eigenvalue weighted by Gasteiger charge is -2.32. The van der Waals surface area contributed by atoms with Crippen molar-refractivity contribution in [2.45, 2.75) is 31.2 Å². The summed E-state index contributed by atoms with van der Waals surface area (Å²) in [6.45, 7) is 3.12. The van der Waals surface area contributed by atoms with E-state index in [-0.39, 0.29) is 5.91 Å². The number of nitrogens with two attached hydrogens (primary N) is 1. The van der Waals surface area contributed by atoms with Gasteiger partial charge < -0.3 is 16.4 Å². The number of primary amides is 1. The first-order valence-corrected chi connectivity index (χ1v) is 9.18. The number of likely N-dealkylation sites (tertiary alicyclic amines) is 1. The molecule has 1 aromatic rings. The molecule has 1 saturated heterocycles. The van der Waals surface area contributed by atoms with Crippen molar-refractivity contribution in [3.05, 3.63) is 35.9 Å². The van der Waals surface area contributed by atoms with E-state index in [4.69, 9.17) is 5.73 Å². The first-order chi connectivity index (χ1) is 12.2. The smallest absolute Gasteiger partial charge is 0.231 e. The van der Waals surface area contributed by atoms with Gasteiger partial charge in [0.05, 0.1) is 6.54 Å². The Kier molecular flexibility index (Phi) is 5.91. The van der Waals surface area contributed by atoms with E-state index in [2.05, 4.69) is 50.9 Å². The zero-order valence-electron chi connectivity index (χ0n) is 14.9. The van der Waals surface area contributed by atoms with Crippen molar-refractivity contribution in [3.63, 3.8) is 0 Å². The summed E-state index contributed by atoms with van der Waals surface area (Å²) in [6, 6.07) is 11.1. The highest BCUT2D eigenvalue weighted by Crippen LogP contribution is 2.46. The lowest BCUT2D eigenvalue weighted by molar-refractivity contribution is -0.119. The minimum absolute atomic E-state index is 0.249. The van der Waals surface area contributed by atoms with Crippen LogP contribution in [-0.4, -0.2) is 56.0 Å². The van der Waals surface area contributed by atoms with E-state index < -0.39 is 0 Å². The molecule has 2 atom stereocenters. The van der Waals surface area contributed by atoms with E-state index >= 15 is 0 Å². The average molecular weight is 343 g/mol. The molecule has 1 aromatic carbocycles. The maximum Gasteiger partial charge on any atom is 0.231 e. The Balaban J connectivity index is 1.37. The molecular formula is C19H29N5O. The van der Waals surface area contributed by atoms with E-state index in [0.29, 0.717) is 24.4 Å². The molecule has 0 aromatic heterocycles. The summed E-state index contributed by atoms with van der Waals surface area (Å²) < 4.78 is 0. The maximum atomic E-state index is 11.0. The van der Waals surface area contributed by atoms with Crippen LogP contribution in [0.3, 0.4) is 0 Å². The van der Waals surface area contributed by atoms with Gasteiger partial charge in [-0.25, -0.2) is 0 Å². The molecule has 1 aliphatic heterocycles. The van der Waals surface area contributed by atoms with E-state index in [1.165, 1.54) is 12.0 Å². The first kappa shape index (κ1) is 17.7. The van der Waals surface area contributed by atoms with Crippen molar-refractivity contribution in [2.75, 3.05) is 33.2 Å². The molecule has 6 heteroatoms. The van der Waals surface area contributed by atoms with Crippen molar-refractivity contribution in [1.82, 2.24) is 15.5 Å². The summed E-state index contributed by atoms with van der Waals surface area (Å²) in [5.41, 5.74) is 6.71. The summed E-state index contributed by atoms with van der Waals surface area (Å²) in [4.78, 5) is 17.5. The number of nitrogens with one attached hydrogen (secondary N) is 2. The fourth-order valence-electron chi connectivity index (χ4n) is 3.65. The fraction of sp³-hybridized carbons (Fsp3) is 0.579. The standard InChI is InChI=1S/C19H29N5O/c1-21-19(23-16-7-9-24(10-8-16)13-18(20)25)22-12-15-11-17(15)14-5-3-2-4-6-14/h2-6,15-17H,7-13H2,1H3,(H2,20,25)(H2,21,22,23). The Hall–Kier alpha value is -2.08. The van der Waals surface area contributed by atoms with Gasteiger partial charge in [0.25, 0.3) is 0 Å². The normalized spacial score (nSPS) is 24.8. The van der Waals surface area contributed by atoms with E-state index in [9.17, 15) is 4.79 Å². The molecule has 2 unspecified atom stereocenters. The first-order valence-electron chi connectivity index (χ1n) is 9.18. The lowest BCUT2D eigenvalue weighted by Crippen LogP contribution is -2.50. The van der Waals surface area contributed by atoms with Gasteiger partial charge in [-0.1, -0.05) is 30.3 Å². The second-order valence-electron chi connectivity index (χ2n) is 7.13. The highest BCUT2D eigenvalue weighted by molar-refractivity contribution is 5.80. The van der Waals surface area contributed by atoms with E-state index in [1.807, 2.05) is 7.05 Å². The average Bonchev–Trinajstić information content (AvgIpc) is 3.40. The Labute approximate surface area is 149 Å². The zero-order valence-corrected chi connectivity index (χ0v) is 14.9. The monoisotopic (exact) mass is 343 g/mol. The molecule has 1 amide bonds. The van der Waals surface area contributed by atoms with Gasteiger partial charge in [0, 0.05) is 32.7 Å². The number of amides is 1. The number of benzene rings is 1. The van der Waals surface area contributed by atoms with Gasteiger partial charge in [0.2, 0.25) is 5.91 Å². The molecule has 0 bridgehead atoms. The van der Waals surface area contributed by atoms with Crippen molar-refractivity contribution in [3.8, 4) is 0 Å². The minimum atomic E-state index is -0.249. The third kappa shape index (κ3) is 5.19. The Morgan fingerprint density at radius 2 is 2.00 bits per heavy atom. The van der Waals surface area contributed by atoms with Crippen molar-refractivity contribution in [1.29, 1.82) is 0 Å². The van der Waals surface area contributed by atoms with Gasteiger partial charge in [-0.05, 0) is 36.7 Å². The summed E-state index contributed by atoms with van der Waals surface area (Å²) in [5.74, 6) is 2.01. The third-order valence-electron chi connectivity index (χ3n) is 5.21. The number of hydrogen-bond acceptors (Lipinski definition) is 3. The molecule has 1 aliphatic carbocycles. The van der Waals surface area contributed by atoms with Crippen LogP contribution in [-0.2, 0) is 4.79 Å². The summed E-state index contributed by atoms with van der Waals surface area (Å²) in [7, 11) is 1.82. The largest absolute Gasteiger partial charge is 0.369 e. The number of carbonyl (C=O) groups excluding carboxylic acids is 1. The second kappa shape index (κ2) is 8.34. The van der Waals surface area contributed by atoms with Crippen LogP contribution < -0.4 is 16.4 Å². The zero-order chi connectivity index (χ0) is 17.6. The summed E-state index contributed by atoms with van der Waals surface area (Å²) >= 11 is 0. The predicted octanol–water partition coefficient (Wildman–Crippen LogP) is 0.905. The number of hydrogen-bond donors (Lipinski definition) is 3. The highest BCUT2D eigenvalue weighted by atomic mass is 16.1. The van der Waals surface area contributed by atoms with Crippen LogP contribution in [0.15, 0.2) is 35.3 Å². The highest BCUT2D eigenvalue weighted by Gasteiger charge is 2.37. The van der Waals surface area contributed by atoms with Gasteiger partial charge in [-0.15, -0.1) is 0 Å². The topological polar surface area (TPSA) is 82.8 Å². The van der Waals surface area contributed by atoms with Gasteiger partial charge in [-0.3, -0.25) is 14.7 Å². The van der Waals surface area contributed by atoms with Gasteiger partial charge in [0.15, 0.2) is 5.96 Å². The molecule has 136 valence electrons. The Morgan fingerprint density at radius 3 is 2.64 bits per heavy atom.